The van der Waals surface area contributed by atoms with E-state index in [-0.39, 0.29) is 0 Å². The number of benzene rings is 3. The van der Waals surface area contributed by atoms with E-state index in [1.165, 1.54) is 0 Å². The van der Waals surface area contributed by atoms with Gasteiger partial charge in [-0.2, -0.15) is 0 Å². The lowest BCUT2D eigenvalue weighted by Crippen LogP contribution is -2.11. The molecule has 226 valence electrons. The third kappa shape index (κ3) is 12.3. The second kappa shape index (κ2) is 18.8. The molecule has 0 saturated carbocycles. The van der Waals surface area contributed by atoms with Gasteiger partial charge in [0, 0.05) is 11.1 Å². The normalized spacial score (nSPS) is 11.3. The van der Waals surface area contributed by atoms with Gasteiger partial charge in [-0.15, -0.1) is 0 Å². The summed E-state index contributed by atoms with van der Waals surface area (Å²) >= 11 is 10.9. The molecule has 0 atom stereocenters. The largest absolute Gasteiger partial charge is 0.494 e. The van der Waals surface area contributed by atoms with Crippen LogP contribution in [0.5, 0.6) is 11.5 Å². The molecule has 3 aromatic carbocycles. The van der Waals surface area contributed by atoms with E-state index in [1.807, 2.05) is 18.2 Å². The number of hydrogen-bond donors (Lipinski definition) is 0. The fourth-order valence-corrected chi connectivity index (χ4v) is 5.93. The molecule has 0 aromatic heterocycles. The van der Waals surface area contributed by atoms with Gasteiger partial charge in [0.25, 0.3) is 10.5 Å². The summed E-state index contributed by atoms with van der Waals surface area (Å²) in [4.78, 5) is 22.3. The molecule has 0 aliphatic heterocycles. The predicted octanol–water partition coefficient (Wildman–Crippen LogP) is 8.58. The van der Waals surface area contributed by atoms with E-state index in [4.69, 9.17) is 41.7 Å². The van der Waals surface area contributed by atoms with Crippen LogP contribution in [0.4, 0.5) is 0 Å². The Labute approximate surface area is 258 Å². The van der Waals surface area contributed by atoms with Crippen molar-refractivity contribution in [3.63, 3.8) is 0 Å². The summed E-state index contributed by atoms with van der Waals surface area (Å²) in [5.41, 5.74) is 0.879. The van der Waals surface area contributed by atoms with Gasteiger partial charge < -0.3 is 18.5 Å². The average Bonchev–Trinajstić information content (AvgIpc) is 3.00. The minimum Gasteiger partial charge on any atom is -0.494 e. The van der Waals surface area contributed by atoms with Crippen molar-refractivity contribution < 1.29 is 32.7 Å². The maximum Gasteiger partial charge on any atom is 0.361 e. The van der Waals surface area contributed by atoms with Crippen molar-refractivity contribution in [3.05, 3.63) is 90.0 Å². The van der Waals surface area contributed by atoms with Crippen molar-refractivity contribution in [1.82, 2.24) is 0 Å². The lowest BCUT2D eigenvalue weighted by molar-refractivity contribution is 0.107. The molecule has 7 nitrogen and oxygen atoms in total. The molecule has 42 heavy (non-hydrogen) atoms. The van der Waals surface area contributed by atoms with E-state index in [0.717, 1.165) is 51.4 Å². The van der Waals surface area contributed by atoms with Gasteiger partial charge >= 0.3 is 7.60 Å². The highest BCUT2D eigenvalue weighted by Gasteiger charge is 2.27. The van der Waals surface area contributed by atoms with Gasteiger partial charge in [-0.05, 0) is 122 Å². The standard InChI is InChI=1S/C32H37Cl2O7P/c33-31(35)26-14-18-28(19-15-26)38-22-8-1-3-10-24-40-42(37,30-12-6-5-7-13-30)41-25-11-4-2-9-23-39-29-20-16-27(17-21-29)32(34)36/h5-7,12-21H,1-4,8-11,22-25H2. The van der Waals surface area contributed by atoms with E-state index < -0.39 is 18.1 Å². The lowest BCUT2D eigenvalue weighted by atomic mass is 10.2. The van der Waals surface area contributed by atoms with Crippen LogP contribution in [0.3, 0.4) is 0 Å². The molecule has 0 saturated heterocycles. The zero-order valence-corrected chi connectivity index (χ0v) is 26.0. The molecular weight excluding hydrogens is 598 g/mol. The maximum absolute atomic E-state index is 13.6. The zero-order valence-electron chi connectivity index (χ0n) is 23.6. The number of carbonyl (C=O) groups excluding carboxylic acids is 2. The monoisotopic (exact) mass is 634 g/mol. The molecule has 0 N–H and O–H groups in total. The Bertz CT molecular complexity index is 1190. The van der Waals surface area contributed by atoms with Crippen LogP contribution in [0.15, 0.2) is 78.9 Å². The smallest absolute Gasteiger partial charge is 0.361 e. The van der Waals surface area contributed by atoms with Gasteiger partial charge in [-0.1, -0.05) is 31.0 Å². The van der Waals surface area contributed by atoms with Gasteiger partial charge in [-0.25, -0.2) is 0 Å². The molecule has 0 unspecified atom stereocenters. The van der Waals surface area contributed by atoms with Gasteiger partial charge in [-0.3, -0.25) is 14.2 Å². The number of hydrogen-bond acceptors (Lipinski definition) is 7. The van der Waals surface area contributed by atoms with Crippen molar-refractivity contribution in [2.75, 3.05) is 26.4 Å². The van der Waals surface area contributed by atoms with Gasteiger partial charge in [0.05, 0.1) is 31.7 Å². The highest BCUT2D eigenvalue weighted by molar-refractivity contribution is 7.62. The average molecular weight is 636 g/mol. The molecule has 0 fully saturated rings. The highest BCUT2D eigenvalue weighted by Crippen LogP contribution is 2.47. The quantitative estimate of drug-likeness (QED) is 0.0658. The van der Waals surface area contributed by atoms with Crippen molar-refractivity contribution in [1.29, 1.82) is 0 Å². The highest BCUT2D eigenvalue weighted by atomic mass is 35.5. The summed E-state index contributed by atoms with van der Waals surface area (Å²) in [6, 6.07) is 22.6. The van der Waals surface area contributed by atoms with Gasteiger partial charge in [0.1, 0.15) is 11.5 Å². The lowest BCUT2D eigenvalue weighted by Gasteiger charge is -2.19. The summed E-state index contributed by atoms with van der Waals surface area (Å²) in [5.74, 6) is 1.39. The van der Waals surface area contributed by atoms with E-state index >= 15 is 0 Å². The SMILES string of the molecule is O=C(Cl)c1ccc(OCCCCCCOP(=O)(OCCCCCCOc2ccc(C(=O)Cl)cc2)c2ccccc2)cc1. The molecule has 0 bridgehead atoms. The second-order valence-corrected chi connectivity index (χ2v) is 12.3. The Balaban J connectivity index is 1.28. The van der Waals surface area contributed by atoms with Gasteiger partial charge in [0.15, 0.2) is 0 Å². The van der Waals surface area contributed by atoms with E-state index in [0.29, 0.717) is 54.4 Å². The van der Waals surface area contributed by atoms with Crippen LogP contribution in [0.1, 0.15) is 72.1 Å². The first-order valence-corrected chi connectivity index (χ1v) is 16.5. The van der Waals surface area contributed by atoms with Crippen molar-refractivity contribution in [2.45, 2.75) is 51.4 Å². The van der Waals surface area contributed by atoms with Crippen LogP contribution in [-0.4, -0.2) is 36.9 Å². The number of carbonyl (C=O) groups is 2. The van der Waals surface area contributed by atoms with Crippen LogP contribution in [-0.2, 0) is 13.6 Å². The van der Waals surface area contributed by atoms with E-state index in [1.54, 1.807) is 60.7 Å². The molecule has 0 aliphatic rings. The summed E-state index contributed by atoms with van der Waals surface area (Å²) < 4.78 is 36.7. The van der Waals surface area contributed by atoms with E-state index in [2.05, 4.69) is 0 Å². The fraction of sp³-hybridized carbons (Fsp3) is 0.375. The molecule has 0 aliphatic carbocycles. The minimum absolute atomic E-state index is 0.346. The van der Waals surface area contributed by atoms with Gasteiger partial charge in [0.2, 0.25) is 0 Å². The molecule has 10 heteroatoms. The van der Waals surface area contributed by atoms with Crippen LogP contribution in [0, 0.1) is 0 Å². The number of unbranched alkanes of at least 4 members (excludes halogenated alkanes) is 6. The Hall–Kier alpha value is -2.67. The zero-order chi connectivity index (χ0) is 30.0. The topological polar surface area (TPSA) is 88.1 Å². The Morgan fingerprint density at radius 2 is 0.905 bits per heavy atom. The van der Waals surface area contributed by atoms with Crippen LogP contribution in [0.25, 0.3) is 0 Å². The molecule has 3 aromatic rings. The number of halogens is 2. The molecule has 0 amide bonds. The third-order valence-corrected chi connectivity index (χ3v) is 8.78. The number of ether oxygens (including phenoxy) is 2. The Morgan fingerprint density at radius 3 is 1.29 bits per heavy atom. The first-order valence-electron chi connectivity index (χ1n) is 14.2. The molecule has 0 heterocycles. The fourth-order valence-electron chi connectivity index (χ4n) is 4.03. The van der Waals surface area contributed by atoms with Crippen molar-refractivity contribution >= 4 is 46.6 Å². The van der Waals surface area contributed by atoms with Crippen molar-refractivity contribution in [2.24, 2.45) is 0 Å². The molecule has 0 spiro atoms. The Kier molecular flexibility index (Phi) is 15.1. The van der Waals surface area contributed by atoms with Crippen LogP contribution in [0.2, 0.25) is 0 Å². The summed E-state index contributed by atoms with van der Waals surface area (Å²) in [6.07, 6.45) is 6.98. The predicted molar refractivity (Wildman–Crippen MR) is 167 cm³/mol. The van der Waals surface area contributed by atoms with Crippen LogP contribution >= 0.6 is 30.8 Å². The summed E-state index contributed by atoms with van der Waals surface area (Å²) in [5, 5.41) is -0.413. The Morgan fingerprint density at radius 1 is 0.524 bits per heavy atom. The second-order valence-electron chi connectivity index (χ2n) is 9.62. The molecular formula is C32H37Cl2O7P. The minimum atomic E-state index is -3.41. The van der Waals surface area contributed by atoms with Crippen LogP contribution < -0.4 is 14.8 Å². The van der Waals surface area contributed by atoms with E-state index in [9.17, 15) is 14.2 Å². The third-order valence-electron chi connectivity index (χ3n) is 6.37. The first-order chi connectivity index (χ1) is 20.4. The number of rotatable bonds is 21. The summed E-state index contributed by atoms with van der Waals surface area (Å²) in [6.45, 7) is 1.82. The van der Waals surface area contributed by atoms with Crippen molar-refractivity contribution in [3.8, 4) is 11.5 Å². The first kappa shape index (κ1) is 33.8. The molecule has 0 radical (unpaired) electrons. The molecule has 3 rings (SSSR count). The summed E-state index contributed by atoms with van der Waals surface area (Å²) in [7, 11) is -3.41. The maximum atomic E-state index is 13.6.